The maximum atomic E-state index is 13.6. The Bertz CT molecular complexity index is 659. The third kappa shape index (κ3) is 5.02. The molecule has 0 aliphatic carbocycles. The highest BCUT2D eigenvalue weighted by Gasteiger charge is 2.07. The lowest BCUT2D eigenvalue weighted by atomic mass is 10.2. The standard InChI is InChI=1S/C17H19F2N3O/c1-2-3-4-9-20-17(23)12-5-8-16(21-11-12)22-15-7-6-13(18)10-14(15)19/h5-8,10-11H,2-4,9H2,1H3,(H,20,23)(H,21,22). The molecule has 23 heavy (non-hydrogen) atoms. The van der Waals surface area contributed by atoms with Crippen molar-refractivity contribution >= 4 is 17.4 Å². The molecule has 2 rings (SSSR count). The molecule has 1 aromatic carbocycles. The van der Waals surface area contributed by atoms with Gasteiger partial charge >= 0.3 is 0 Å². The van der Waals surface area contributed by atoms with Gasteiger partial charge in [0, 0.05) is 18.8 Å². The fourth-order valence-electron chi connectivity index (χ4n) is 2.01. The zero-order chi connectivity index (χ0) is 16.7. The SMILES string of the molecule is CCCCCNC(=O)c1ccc(Nc2ccc(F)cc2F)nc1. The first-order valence-electron chi connectivity index (χ1n) is 7.56. The molecule has 0 atom stereocenters. The van der Waals surface area contributed by atoms with Crippen LogP contribution in [0.25, 0.3) is 0 Å². The minimum absolute atomic E-state index is 0.121. The number of amides is 1. The van der Waals surface area contributed by atoms with Crippen LogP contribution in [0.4, 0.5) is 20.3 Å². The van der Waals surface area contributed by atoms with Crippen LogP contribution in [0.5, 0.6) is 0 Å². The van der Waals surface area contributed by atoms with Gasteiger partial charge in [0.2, 0.25) is 0 Å². The van der Waals surface area contributed by atoms with E-state index >= 15 is 0 Å². The monoisotopic (exact) mass is 319 g/mol. The first-order chi connectivity index (χ1) is 11.1. The van der Waals surface area contributed by atoms with Crippen molar-refractivity contribution in [3.63, 3.8) is 0 Å². The van der Waals surface area contributed by atoms with E-state index in [4.69, 9.17) is 0 Å². The summed E-state index contributed by atoms with van der Waals surface area (Å²) < 4.78 is 26.4. The normalized spacial score (nSPS) is 10.4. The van der Waals surface area contributed by atoms with Crippen LogP contribution in [0, 0.1) is 11.6 Å². The van der Waals surface area contributed by atoms with Gasteiger partial charge in [0.15, 0.2) is 0 Å². The van der Waals surface area contributed by atoms with Crippen LogP contribution in [0.2, 0.25) is 0 Å². The number of halogens is 2. The molecule has 0 spiro atoms. The van der Waals surface area contributed by atoms with Gasteiger partial charge in [0.05, 0.1) is 11.3 Å². The van der Waals surface area contributed by atoms with Gasteiger partial charge in [-0.3, -0.25) is 4.79 Å². The van der Waals surface area contributed by atoms with Crippen LogP contribution in [-0.4, -0.2) is 17.4 Å². The first kappa shape index (κ1) is 16.9. The quantitative estimate of drug-likeness (QED) is 0.758. The van der Waals surface area contributed by atoms with Crippen molar-refractivity contribution < 1.29 is 13.6 Å². The molecule has 1 aromatic heterocycles. The highest BCUT2D eigenvalue weighted by Crippen LogP contribution is 2.19. The van der Waals surface area contributed by atoms with E-state index < -0.39 is 11.6 Å². The van der Waals surface area contributed by atoms with Gasteiger partial charge in [-0.15, -0.1) is 0 Å². The van der Waals surface area contributed by atoms with Crippen molar-refractivity contribution in [2.45, 2.75) is 26.2 Å². The molecule has 1 amide bonds. The summed E-state index contributed by atoms with van der Waals surface area (Å²) in [5.74, 6) is -1.16. The topological polar surface area (TPSA) is 54.0 Å². The van der Waals surface area contributed by atoms with Crippen LogP contribution in [0.15, 0.2) is 36.5 Å². The number of nitrogens with zero attached hydrogens (tertiary/aromatic N) is 1. The van der Waals surface area contributed by atoms with E-state index in [2.05, 4.69) is 22.5 Å². The van der Waals surface area contributed by atoms with E-state index in [-0.39, 0.29) is 11.6 Å². The highest BCUT2D eigenvalue weighted by molar-refractivity contribution is 5.94. The number of rotatable bonds is 7. The second-order valence-corrected chi connectivity index (χ2v) is 5.14. The Balaban J connectivity index is 1.95. The second-order valence-electron chi connectivity index (χ2n) is 5.14. The van der Waals surface area contributed by atoms with Crippen LogP contribution < -0.4 is 10.6 Å². The lowest BCUT2D eigenvalue weighted by Gasteiger charge is -2.08. The number of aromatic nitrogens is 1. The van der Waals surface area contributed by atoms with E-state index in [0.717, 1.165) is 31.4 Å². The van der Waals surface area contributed by atoms with Gasteiger partial charge in [0.1, 0.15) is 17.5 Å². The molecule has 0 radical (unpaired) electrons. The molecule has 0 bridgehead atoms. The number of hydrogen-bond donors (Lipinski definition) is 2. The third-order valence-corrected chi connectivity index (χ3v) is 3.29. The van der Waals surface area contributed by atoms with E-state index in [0.29, 0.717) is 17.9 Å². The van der Waals surface area contributed by atoms with Crippen molar-refractivity contribution in [2.24, 2.45) is 0 Å². The van der Waals surface area contributed by atoms with Crippen LogP contribution >= 0.6 is 0 Å². The molecule has 0 saturated carbocycles. The Hall–Kier alpha value is -2.50. The molecule has 1 heterocycles. The first-order valence-corrected chi connectivity index (χ1v) is 7.56. The molecule has 0 unspecified atom stereocenters. The number of nitrogens with one attached hydrogen (secondary N) is 2. The van der Waals surface area contributed by atoms with Gasteiger partial charge in [-0.1, -0.05) is 19.8 Å². The maximum absolute atomic E-state index is 13.6. The summed E-state index contributed by atoms with van der Waals surface area (Å²) in [4.78, 5) is 16.0. The molecule has 0 aliphatic heterocycles. The lowest BCUT2D eigenvalue weighted by molar-refractivity contribution is 0.0952. The number of pyridine rings is 1. The molecular weight excluding hydrogens is 300 g/mol. The Morgan fingerprint density at radius 2 is 2.00 bits per heavy atom. The number of unbranched alkanes of at least 4 members (excludes halogenated alkanes) is 2. The van der Waals surface area contributed by atoms with Crippen LogP contribution in [-0.2, 0) is 0 Å². The van der Waals surface area contributed by atoms with Crippen molar-refractivity contribution in [2.75, 3.05) is 11.9 Å². The molecule has 0 saturated heterocycles. The third-order valence-electron chi connectivity index (χ3n) is 3.29. The number of carbonyl (C=O) groups excluding carboxylic acids is 1. The summed E-state index contributed by atoms with van der Waals surface area (Å²) in [5.41, 5.74) is 0.558. The zero-order valence-electron chi connectivity index (χ0n) is 12.9. The summed E-state index contributed by atoms with van der Waals surface area (Å²) in [5, 5.41) is 5.56. The number of hydrogen-bond acceptors (Lipinski definition) is 3. The van der Waals surface area contributed by atoms with Gasteiger partial charge in [-0.2, -0.15) is 0 Å². The van der Waals surface area contributed by atoms with Crippen molar-refractivity contribution in [3.05, 3.63) is 53.7 Å². The van der Waals surface area contributed by atoms with E-state index in [9.17, 15) is 13.6 Å². The minimum Gasteiger partial charge on any atom is -0.352 e. The average Bonchev–Trinajstić information content (AvgIpc) is 2.55. The summed E-state index contributed by atoms with van der Waals surface area (Å²) in [6, 6.07) is 6.42. The molecule has 0 aliphatic rings. The van der Waals surface area contributed by atoms with Gasteiger partial charge in [-0.05, 0) is 30.7 Å². The molecule has 6 heteroatoms. The van der Waals surface area contributed by atoms with Crippen LogP contribution in [0.1, 0.15) is 36.5 Å². The Labute approximate surface area is 133 Å². The summed E-state index contributed by atoms with van der Waals surface area (Å²) >= 11 is 0. The van der Waals surface area contributed by atoms with Crippen molar-refractivity contribution in [1.29, 1.82) is 0 Å². The number of carbonyl (C=O) groups is 1. The molecular formula is C17H19F2N3O. The lowest BCUT2D eigenvalue weighted by Crippen LogP contribution is -2.24. The average molecular weight is 319 g/mol. The minimum atomic E-state index is -0.704. The Morgan fingerprint density at radius 1 is 1.17 bits per heavy atom. The van der Waals surface area contributed by atoms with Crippen molar-refractivity contribution in [1.82, 2.24) is 10.3 Å². The number of benzene rings is 1. The van der Waals surface area contributed by atoms with E-state index in [1.807, 2.05) is 0 Å². The van der Waals surface area contributed by atoms with Crippen molar-refractivity contribution in [3.8, 4) is 0 Å². The molecule has 122 valence electrons. The predicted molar refractivity (Wildman–Crippen MR) is 85.7 cm³/mol. The summed E-state index contributed by atoms with van der Waals surface area (Å²) in [7, 11) is 0. The Kier molecular flexibility index (Phi) is 6.02. The fourth-order valence-corrected chi connectivity index (χ4v) is 2.01. The largest absolute Gasteiger partial charge is 0.352 e. The van der Waals surface area contributed by atoms with Gasteiger partial charge in [0.25, 0.3) is 5.91 Å². The highest BCUT2D eigenvalue weighted by atomic mass is 19.1. The van der Waals surface area contributed by atoms with E-state index in [1.54, 1.807) is 12.1 Å². The summed E-state index contributed by atoms with van der Waals surface area (Å²) in [6.07, 6.45) is 4.53. The van der Waals surface area contributed by atoms with Gasteiger partial charge in [-0.25, -0.2) is 13.8 Å². The maximum Gasteiger partial charge on any atom is 0.252 e. The Morgan fingerprint density at radius 3 is 2.65 bits per heavy atom. The molecule has 2 N–H and O–H groups in total. The predicted octanol–water partition coefficient (Wildman–Crippen LogP) is 4.02. The fraction of sp³-hybridized carbons (Fsp3) is 0.294. The molecule has 2 aromatic rings. The molecule has 0 fully saturated rings. The van der Waals surface area contributed by atoms with Gasteiger partial charge < -0.3 is 10.6 Å². The molecule has 4 nitrogen and oxygen atoms in total. The van der Waals surface area contributed by atoms with Crippen LogP contribution in [0.3, 0.4) is 0 Å². The zero-order valence-corrected chi connectivity index (χ0v) is 12.9. The smallest absolute Gasteiger partial charge is 0.252 e. The van der Waals surface area contributed by atoms with E-state index in [1.165, 1.54) is 12.3 Å². The second kappa shape index (κ2) is 8.22. The summed E-state index contributed by atoms with van der Waals surface area (Å²) in [6.45, 7) is 2.73. The number of anilines is 2.